The van der Waals surface area contributed by atoms with E-state index in [9.17, 15) is 0 Å². The van der Waals surface area contributed by atoms with Crippen molar-refractivity contribution in [2.24, 2.45) is 0 Å². The van der Waals surface area contributed by atoms with Crippen molar-refractivity contribution in [2.45, 2.75) is 13.3 Å². The van der Waals surface area contributed by atoms with Gasteiger partial charge in [-0.3, -0.25) is 0 Å². The van der Waals surface area contributed by atoms with E-state index in [1.807, 2.05) is 12.1 Å². The zero-order valence-electron chi connectivity index (χ0n) is 14.4. The van der Waals surface area contributed by atoms with Crippen LogP contribution in [0.15, 0.2) is 78.4 Å². The van der Waals surface area contributed by atoms with E-state index in [2.05, 4.69) is 67.6 Å². The standard InChI is InChI=1S/C21H23O2P/c1-4-17-15-20(18-11-7-5-8-12-18)24(22-2,23-3)21(16-17)19-13-9-6-10-14-19/h5-16H,4H2,1-3H3. The minimum absolute atomic E-state index is 0.972. The first-order valence-electron chi connectivity index (χ1n) is 8.17. The molecule has 2 nitrogen and oxygen atoms in total. The molecule has 124 valence electrons. The van der Waals surface area contributed by atoms with E-state index in [0.717, 1.165) is 28.2 Å². The van der Waals surface area contributed by atoms with Gasteiger partial charge in [-0.1, -0.05) is 67.6 Å². The van der Waals surface area contributed by atoms with Crippen LogP contribution in [0.2, 0.25) is 0 Å². The van der Waals surface area contributed by atoms with Gasteiger partial charge in [0.25, 0.3) is 0 Å². The molecule has 2 aromatic rings. The topological polar surface area (TPSA) is 18.5 Å². The molecule has 3 heteroatoms. The lowest BCUT2D eigenvalue weighted by Gasteiger charge is -2.32. The minimum atomic E-state index is -2.37. The average Bonchev–Trinajstić information content (AvgIpc) is 2.68. The van der Waals surface area contributed by atoms with Gasteiger partial charge in [-0.05, 0) is 35.3 Å². The third-order valence-corrected chi connectivity index (χ3v) is 7.41. The molecule has 24 heavy (non-hydrogen) atoms. The molecule has 0 aromatic heterocycles. The first-order valence-corrected chi connectivity index (χ1v) is 9.79. The second kappa shape index (κ2) is 7.36. The fourth-order valence-electron chi connectivity index (χ4n) is 3.09. The first-order chi connectivity index (χ1) is 11.7. The smallest absolute Gasteiger partial charge is 0.162 e. The van der Waals surface area contributed by atoms with E-state index < -0.39 is 7.34 Å². The predicted octanol–water partition coefficient (Wildman–Crippen LogP) is 5.74. The second-order valence-electron chi connectivity index (χ2n) is 5.64. The van der Waals surface area contributed by atoms with Crippen molar-refractivity contribution in [2.75, 3.05) is 14.2 Å². The number of benzene rings is 2. The largest absolute Gasteiger partial charge is 0.337 e. The summed E-state index contributed by atoms with van der Waals surface area (Å²) in [6, 6.07) is 20.8. The Balaban J connectivity index is 2.34. The van der Waals surface area contributed by atoms with Crippen molar-refractivity contribution in [1.82, 2.24) is 0 Å². The van der Waals surface area contributed by atoms with Gasteiger partial charge in [0.15, 0.2) is 7.34 Å². The van der Waals surface area contributed by atoms with Crippen molar-refractivity contribution >= 4 is 17.9 Å². The maximum Gasteiger partial charge on any atom is 0.162 e. The maximum atomic E-state index is 6.09. The lowest BCUT2D eigenvalue weighted by molar-refractivity contribution is 0.345. The highest BCUT2D eigenvalue weighted by Gasteiger charge is 2.31. The lowest BCUT2D eigenvalue weighted by Crippen LogP contribution is -2.11. The maximum absolute atomic E-state index is 6.09. The highest BCUT2D eigenvalue weighted by Crippen LogP contribution is 2.64. The predicted molar refractivity (Wildman–Crippen MR) is 104 cm³/mol. The molecule has 0 bridgehead atoms. The van der Waals surface area contributed by atoms with E-state index in [1.54, 1.807) is 14.2 Å². The molecular weight excluding hydrogens is 315 g/mol. The van der Waals surface area contributed by atoms with Crippen LogP contribution in [0.1, 0.15) is 24.5 Å². The number of hydrogen-bond acceptors (Lipinski definition) is 2. The summed E-state index contributed by atoms with van der Waals surface area (Å²) >= 11 is 0. The Kier molecular flexibility index (Phi) is 5.20. The van der Waals surface area contributed by atoms with Gasteiger partial charge in [0.05, 0.1) is 0 Å². The van der Waals surface area contributed by atoms with Crippen molar-refractivity contribution in [3.05, 3.63) is 89.5 Å². The summed E-state index contributed by atoms with van der Waals surface area (Å²) in [5, 5.41) is 2.29. The molecule has 0 saturated carbocycles. The summed E-state index contributed by atoms with van der Waals surface area (Å²) in [7, 11) is 1.14. The van der Waals surface area contributed by atoms with Crippen LogP contribution in [0.4, 0.5) is 0 Å². The Morgan fingerprint density at radius 3 is 1.79 bits per heavy atom. The van der Waals surface area contributed by atoms with Crippen molar-refractivity contribution in [3.63, 3.8) is 0 Å². The van der Waals surface area contributed by atoms with Crippen molar-refractivity contribution < 1.29 is 9.05 Å². The molecule has 3 rings (SSSR count). The summed E-state index contributed by atoms with van der Waals surface area (Å²) in [6.45, 7) is 2.18. The Morgan fingerprint density at radius 1 is 0.750 bits per heavy atom. The van der Waals surface area contributed by atoms with Gasteiger partial charge in [-0.2, -0.15) is 0 Å². The van der Waals surface area contributed by atoms with Gasteiger partial charge in [0.2, 0.25) is 0 Å². The van der Waals surface area contributed by atoms with E-state index in [0.29, 0.717) is 0 Å². The van der Waals surface area contributed by atoms with Crippen LogP contribution in [0.5, 0.6) is 0 Å². The fraction of sp³-hybridized carbons (Fsp3) is 0.190. The van der Waals surface area contributed by atoms with Crippen molar-refractivity contribution in [3.8, 4) is 0 Å². The van der Waals surface area contributed by atoms with Gasteiger partial charge >= 0.3 is 0 Å². The van der Waals surface area contributed by atoms with Crippen LogP contribution in [0, 0.1) is 0 Å². The Labute approximate surface area is 144 Å². The summed E-state index contributed by atoms with van der Waals surface area (Å²) in [6.07, 6.45) is 5.45. The quantitative estimate of drug-likeness (QED) is 0.647. The Bertz CT molecular complexity index is 809. The first kappa shape index (κ1) is 17.0. The van der Waals surface area contributed by atoms with Gasteiger partial charge in [0, 0.05) is 24.8 Å². The third-order valence-electron chi connectivity index (χ3n) is 4.34. The molecule has 1 aliphatic heterocycles. The number of hydrogen-bond donors (Lipinski definition) is 0. The monoisotopic (exact) mass is 338 g/mol. The van der Waals surface area contributed by atoms with Crippen LogP contribution in [-0.2, 0) is 9.05 Å². The van der Waals surface area contributed by atoms with Crippen molar-refractivity contribution in [1.29, 1.82) is 0 Å². The van der Waals surface area contributed by atoms with Gasteiger partial charge < -0.3 is 9.05 Å². The molecule has 0 aliphatic carbocycles. The Hall–Kier alpha value is -1.86. The molecule has 0 atom stereocenters. The van der Waals surface area contributed by atoms with Crippen LogP contribution >= 0.6 is 7.34 Å². The van der Waals surface area contributed by atoms with Crippen LogP contribution < -0.4 is 0 Å². The van der Waals surface area contributed by atoms with Crippen LogP contribution in [0.25, 0.3) is 5.31 Å². The molecule has 1 aliphatic rings. The third kappa shape index (κ3) is 2.93. The molecule has 0 radical (unpaired) electrons. The van der Waals surface area contributed by atoms with Crippen LogP contribution in [-0.4, -0.2) is 19.5 Å². The SMILES string of the molecule is CCC1=CC(c2ccccc2)=P(OC)(OC)C(c2ccccc2)=C1. The molecule has 0 spiro atoms. The molecular formula is C21H23O2P. The normalized spacial score (nSPS) is 16.5. The summed E-state index contributed by atoms with van der Waals surface area (Å²) in [4.78, 5) is 0. The Morgan fingerprint density at radius 2 is 1.29 bits per heavy atom. The second-order valence-corrected chi connectivity index (χ2v) is 8.43. The van der Waals surface area contributed by atoms with Gasteiger partial charge in [0.1, 0.15) is 0 Å². The average molecular weight is 338 g/mol. The van der Waals surface area contributed by atoms with E-state index >= 15 is 0 Å². The number of allylic oxidation sites excluding steroid dienone is 3. The molecule has 0 saturated heterocycles. The van der Waals surface area contributed by atoms with Gasteiger partial charge in [-0.25, -0.2) is 0 Å². The number of rotatable bonds is 5. The molecule has 2 aromatic carbocycles. The lowest BCUT2D eigenvalue weighted by atomic mass is 10.1. The fourth-order valence-corrected chi connectivity index (χ4v) is 5.93. The molecule has 0 fully saturated rings. The summed E-state index contributed by atoms with van der Waals surface area (Å²) in [5.41, 5.74) is 3.60. The zero-order chi connectivity index (χ0) is 17.0. The zero-order valence-corrected chi connectivity index (χ0v) is 15.3. The highest BCUT2D eigenvalue weighted by molar-refractivity contribution is 7.78. The molecule has 1 heterocycles. The minimum Gasteiger partial charge on any atom is -0.337 e. The summed E-state index contributed by atoms with van der Waals surface area (Å²) in [5.74, 6) is 0. The van der Waals surface area contributed by atoms with Crippen LogP contribution in [0.3, 0.4) is 0 Å². The summed E-state index contributed by atoms with van der Waals surface area (Å²) < 4.78 is 12.2. The molecule has 0 unspecified atom stereocenters. The molecule has 0 amide bonds. The highest BCUT2D eigenvalue weighted by atomic mass is 31.2. The van der Waals surface area contributed by atoms with E-state index in [-0.39, 0.29) is 0 Å². The molecule has 0 N–H and O–H groups in total. The van der Waals surface area contributed by atoms with Gasteiger partial charge in [-0.15, -0.1) is 0 Å². The van der Waals surface area contributed by atoms with E-state index in [4.69, 9.17) is 9.05 Å². The van der Waals surface area contributed by atoms with E-state index in [1.165, 1.54) is 5.57 Å².